The zero-order valence-corrected chi connectivity index (χ0v) is 13.2. The van der Waals surface area contributed by atoms with Crippen molar-refractivity contribution in [1.29, 1.82) is 0 Å². The second-order valence-corrected chi connectivity index (χ2v) is 6.81. The molecule has 2 fully saturated rings. The van der Waals surface area contributed by atoms with E-state index in [1.54, 1.807) is 4.90 Å². The van der Waals surface area contributed by atoms with Gasteiger partial charge in [-0.15, -0.1) is 0 Å². The van der Waals surface area contributed by atoms with Gasteiger partial charge < -0.3 is 15.3 Å². The Balaban J connectivity index is 1.74. The lowest BCUT2D eigenvalue weighted by atomic mass is 9.74. The summed E-state index contributed by atoms with van der Waals surface area (Å²) in [5.41, 5.74) is 0. The number of amides is 2. The quantitative estimate of drug-likeness (QED) is 0.841. The molecule has 1 aliphatic heterocycles. The van der Waals surface area contributed by atoms with Crippen LogP contribution < -0.4 is 5.32 Å². The van der Waals surface area contributed by atoms with Gasteiger partial charge in [-0.3, -0.25) is 4.79 Å². The first-order valence-corrected chi connectivity index (χ1v) is 8.24. The van der Waals surface area contributed by atoms with Crippen LogP contribution in [0.15, 0.2) is 0 Å². The first kappa shape index (κ1) is 16.1. The summed E-state index contributed by atoms with van der Waals surface area (Å²) in [6, 6.07) is -0.0238. The molecule has 0 bridgehead atoms. The van der Waals surface area contributed by atoms with E-state index in [0.717, 1.165) is 12.5 Å². The van der Waals surface area contributed by atoms with Crippen LogP contribution in [0.1, 0.15) is 46.0 Å². The number of piperidine rings is 1. The van der Waals surface area contributed by atoms with Gasteiger partial charge in [0.2, 0.25) is 0 Å². The first-order valence-electron chi connectivity index (χ1n) is 8.24. The first-order chi connectivity index (χ1) is 9.99. The third-order valence-corrected chi connectivity index (χ3v) is 5.52. The van der Waals surface area contributed by atoms with Gasteiger partial charge in [-0.05, 0) is 37.0 Å². The summed E-state index contributed by atoms with van der Waals surface area (Å²) in [7, 11) is 0. The van der Waals surface area contributed by atoms with E-state index in [1.165, 1.54) is 19.3 Å². The van der Waals surface area contributed by atoms with Gasteiger partial charge in [0.25, 0.3) is 0 Å². The van der Waals surface area contributed by atoms with E-state index in [9.17, 15) is 9.59 Å². The zero-order valence-electron chi connectivity index (χ0n) is 13.2. The fraction of sp³-hybridized carbons (Fsp3) is 0.875. The molecule has 0 radical (unpaired) electrons. The molecule has 0 aromatic heterocycles. The number of hydrogen-bond acceptors (Lipinski definition) is 2. The summed E-state index contributed by atoms with van der Waals surface area (Å²) in [6.07, 6.45) is 4.90. The maximum atomic E-state index is 12.2. The van der Waals surface area contributed by atoms with Crippen molar-refractivity contribution in [2.75, 3.05) is 19.6 Å². The minimum Gasteiger partial charge on any atom is -0.481 e. The monoisotopic (exact) mass is 296 g/mol. The number of carbonyl (C=O) groups is 2. The van der Waals surface area contributed by atoms with E-state index in [2.05, 4.69) is 19.2 Å². The summed E-state index contributed by atoms with van der Waals surface area (Å²) >= 11 is 0. The number of urea groups is 1. The predicted molar refractivity (Wildman–Crippen MR) is 81.0 cm³/mol. The summed E-state index contributed by atoms with van der Waals surface area (Å²) in [5.74, 6) is 0.964. The molecule has 1 saturated carbocycles. The Kier molecular flexibility index (Phi) is 5.48. The molecule has 5 nitrogen and oxygen atoms in total. The molecule has 21 heavy (non-hydrogen) atoms. The molecular formula is C16H28N2O3. The molecule has 2 aliphatic rings. The van der Waals surface area contributed by atoms with Gasteiger partial charge in [0.1, 0.15) is 0 Å². The molecule has 1 saturated heterocycles. The Morgan fingerprint density at radius 2 is 1.81 bits per heavy atom. The Bertz CT molecular complexity index is 378. The van der Waals surface area contributed by atoms with Gasteiger partial charge in [0.15, 0.2) is 0 Å². The molecule has 2 rings (SSSR count). The molecule has 1 aliphatic carbocycles. The van der Waals surface area contributed by atoms with E-state index in [1.807, 2.05) is 0 Å². The van der Waals surface area contributed by atoms with Crippen LogP contribution in [0.5, 0.6) is 0 Å². The van der Waals surface area contributed by atoms with Crippen molar-refractivity contribution < 1.29 is 14.7 Å². The highest BCUT2D eigenvalue weighted by Crippen LogP contribution is 2.33. The van der Waals surface area contributed by atoms with E-state index in [4.69, 9.17) is 5.11 Å². The molecule has 120 valence electrons. The van der Waals surface area contributed by atoms with Crippen molar-refractivity contribution in [3.63, 3.8) is 0 Å². The number of carbonyl (C=O) groups excluding carboxylic acids is 1. The van der Waals surface area contributed by atoms with Crippen LogP contribution in [0, 0.1) is 23.7 Å². The van der Waals surface area contributed by atoms with Crippen LogP contribution in [-0.4, -0.2) is 41.6 Å². The summed E-state index contributed by atoms with van der Waals surface area (Å²) in [6.45, 7) is 6.45. The highest BCUT2D eigenvalue weighted by molar-refractivity contribution is 5.75. The molecule has 1 heterocycles. The number of nitrogens with zero attached hydrogens (tertiary/aromatic N) is 1. The van der Waals surface area contributed by atoms with Crippen LogP contribution in [0.25, 0.3) is 0 Å². The molecular weight excluding hydrogens is 268 g/mol. The highest BCUT2D eigenvalue weighted by Gasteiger charge is 2.29. The zero-order chi connectivity index (χ0) is 15.4. The van der Waals surface area contributed by atoms with Gasteiger partial charge in [-0.2, -0.15) is 0 Å². The van der Waals surface area contributed by atoms with Gasteiger partial charge in [-0.25, -0.2) is 4.79 Å². The summed E-state index contributed by atoms with van der Waals surface area (Å²) < 4.78 is 0. The number of carboxylic acid groups (broad SMARTS) is 1. The molecule has 3 unspecified atom stereocenters. The lowest BCUT2D eigenvalue weighted by Crippen LogP contribution is -2.47. The Hall–Kier alpha value is -1.26. The second-order valence-electron chi connectivity index (χ2n) is 6.81. The van der Waals surface area contributed by atoms with Gasteiger partial charge in [0, 0.05) is 19.6 Å². The predicted octanol–water partition coefficient (Wildman–Crippen LogP) is 2.56. The number of hydrogen-bond donors (Lipinski definition) is 2. The van der Waals surface area contributed by atoms with Gasteiger partial charge in [0.05, 0.1) is 5.92 Å². The van der Waals surface area contributed by atoms with Crippen molar-refractivity contribution in [1.82, 2.24) is 10.2 Å². The van der Waals surface area contributed by atoms with E-state index in [0.29, 0.717) is 37.8 Å². The largest absolute Gasteiger partial charge is 0.481 e. The van der Waals surface area contributed by atoms with Crippen LogP contribution in [0.4, 0.5) is 4.79 Å². The number of rotatable bonds is 3. The van der Waals surface area contributed by atoms with Gasteiger partial charge >= 0.3 is 12.0 Å². The normalized spacial score (nSPS) is 31.0. The molecule has 0 spiro atoms. The lowest BCUT2D eigenvalue weighted by Gasteiger charge is -2.35. The smallest absolute Gasteiger partial charge is 0.317 e. The van der Waals surface area contributed by atoms with Crippen molar-refractivity contribution in [3.8, 4) is 0 Å². The van der Waals surface area contributed by atoms with E-state index < -0.39 is 5.97 Å². The Labute approximate surface area is 127 Å². The molecule has 3 atom stereocenters. The summed E-state index contributed by atoms with van der Waals surface area (Å²) in [5, 5.41) is 12.0. The number of aliphatic carboxylic acids is 1. The number of carboxylic acids is 1. The van der Waals surface area contributed by atoms with Crippen molar-refractivity contribution >= 4 is 12.0 Å². The molecule has 5 heteroatoms. The average molecular weight is 296 g/mol. The standard InChI is InChI=1S/C16H28N2O3/c1-11-4-3-5-14(12(11)2)10-17-16(21)18-8-6-13(7-9-18)15(19)20/h11-14H,3-10H2,1-2H3,(H,17,21)(H,19,20). The average Bonchev–Trinajstić information content (AvgIpc) is 2.48. The fourth-order valence-corrected chi connectivity index (χ4v) is 3.64. The Morgan fingerprint density at radius 1 is 1.14 bits per heavy atom. The second kappa shape index (κ2) is 7.14. The molecule has 2 amide bonds. The third-order valence-electron chi connectivity index (χ3n) is 5.52. The molecule has 0 aromatic rings. The number of nitrogens with one attached hydrogen (secondary N) is 1. The molecule has 2 N–H and O–H groups in total. The van der Waals surface area contributed by atoms with Crippen LogP contribution in [0.3, 0.4) is 0 Å². The van der Waals surface area contributed by atoms with E-state index >= 15 is 0 Å². The minimum absolute atomic E-state index is 0.0238. The number of likely N-dealkylation sites (tertiary alicyclic amines) is 1. The third kappa shape index (κ3) is 4.11. The maximum Gasteiger partial charge on any atom is 0.317 e. The molecule has 0 aromatic carbocycles. The Morgan fingerprint density at radius 3 is 2.43 bits per heavy atom. The highest BCUT2D eigenvalue weighted by atomic mass is 16.4. The van der Waals surface area contributed by atoms with Crippen LogP contribution in [0.2, 0.25) is 0 Å². The lowest BCUT2D eigenvalue weighted by molar-refractivity contribution is -0.143. The van der Waals surface area contributed by atoms with Gasteiger partial charge in [-0.1, -0.05) is 26.7 Å². The minimum atomic E-state index is -0.736. The maximum absolute atomic E-state index is 12.2. The SMILES string of the molecule is CC1CCCC(CNC(=O)N2CCC(C(=O)O)CC2)C1C. The van der Waals surface area contributed by atoms with Crippen molar-refractivity contribution in [2.24, 2.45) is 23.7 Å². The van der Waals surface area contributed by atoms with Crippen molar-refractivity contribution in [3.05, 3.63) is 0 Å². The van der Waals surface area contributed by atoms with E-state index in [-0.39, 0.29) is 11.9 Å². The summed E-state index contributed by atoms with van der Waals surface area (Å²) in [4.78, 5) is 24.8. The van der Waals surface area contributed by atoms with Crippen LogP contribution >= 0.6 is 0 Å². The fourth-order valence-electron chi connectivity index (χ4n) is 3.64. The van der Waals surface area contributed by atoms with Crippen molar-refractivity contribution in [2.45, 2.75) is 46.0 Å². The van der Waals surface area contributed by atoms with Crippen LogP contribution in [-0.2, 0) is 4.79 Å². The topological polar surface area (TPSA) is 69.6 Å².